The first kappa shape index (κ1) is 19.1. The molecule has 0 spiro atoms. The van der Waals surface area contributed by atoms with Crippen LogP contribution in [0, 0.1) is 5.92 Å². The van der Waals surface area contributed by atoms with E-state index in [2.05, 4.69) is 28.5 Å². The highest BCUT2D eigenvalue weighted by Gasteiger charge is 2.25. The third-order valence-corrected chi connectivity index (χ3v) is 5.39. The zero-order chi connectivity index (χ0) is 16.7. The van der Waals surface area contributed by atoms with Crippen molar-refractivity contribution in [2.45, 2.75) is 45.8 Å². The molecule has 0 aromatic rings. The minimum atomic E-state index is -0.217. The lowest BCUT2D eigenvalue weighted by molar-refractivity contribution is 0.0164. The van der Waals surface area contributed by atoms with Crippen LogP contribution < -0.4 is 0 Å². The summed E-state index contributed by atoms with van der Waals surface area (Å²) in [5.74, 6) is 0.856. The molecule has 2 aliphatic rings. The number of nitrogens with zero attached hydrogens (tertiary/aromatic N) is 3. The molecule has 0 unspecified atom stereocenters. The fourth-order valence-electron chi connectivity index (χ4n) is 3.79. The first-order chi connectivity index (χ1) is 11.1. The van der Waals surface area contributed by atoms with Crippen LogP contribution in [0.15, 0.2) is 0 Å². The Morgan fingerprint density at radius 1 is 1.04 bits per heavy atom. The first-order valence-corrected chi connectivity index (χ1v) is 9.53. The monoisotopic (exact) mass is 327 g/mol. The van der Waals surface area contributed by atoms with Crippen LogP contribution in [0.5, 0.6) is 0 Å². The summed E-state index contributed by atoms with van der Waals surface area (Å²) in [6.45, 7) is 16.5. The predicted molar refractivity (Wildman–Crippen MR) is 94.8 cm³/mol. The maximum Gasteiger partial charge on any atom is 0.0793 e. The second kappa shape index (κ2) is 9.94. The van der Waals surface area contributed by atoms with Gasteiger partial charge in [0.25, 0.3) is 0 Å². The van der Waals surface area contributed by atoms with Gasteiger partial charge < -0.3 is 14.7 Å². The minimum Gasteiger partial charge on any atom is -0.390 e. The van der Waals surface area contributed by atoms with Gasteiger partial charge in [0.2, 0.25) is 0 Å². The number of ether oxygens (including phenoxy) is 1. The Morgan fingerprint density at radius 3 is 2.39 bits per heavy atom. The molecule has 5 heteroatoms. The summed E-state index contributed by atoms with van der Waals surface area (Å²) < 4.78 is 5.47. The summed E-state index contributed by atoms with van der Waals surface area (Å²) >= 11 is 0. The van der Waals surface area contributed by atoms with Crippen molar-refractivity contribution in [3.8, 4) is 0 Å². The Hall–Kier alpha value is -0.200. The summed E-state index contributed by atoms with van der Waals surface area (Å²) in [4.78, 5) is 7.37. The molecule has 0 aromatic carbocycles. The van der Waals surface area contributed by atoms with Crippen LogP contribution in [-0.4, -0.2) is 97.5 Å². The van der Waals surface area contributed by atoms with Gasteiger partial charge in [-0.3, -0.25) is 9.80 Å². The van der Waals surface area contributed by atoms with Gasteiger partial charge in [-0.25, -0.2) is 0 Å². The number of aliphatic hydroxyl groups is 1. The normalized spacial score (nSPS) is 27.4. The van der Waals surface area contributed by atoms with Crippen LogP contribution in [0.3, 0.4) is 0 Å². The number of hydrogen-bond donors (Lipinski definition) is 1. The third-order valence-electron chi connectivity index (χ3n) is 5.39. The number of piperidine rings is 1. The zero-order valence-corrected chi connectivity index (χ0v) is 15.4. The van der Waals surface area contributed by atoms with Gasteiger partial charge in [0.1, 0.15) is 0 Å². The Balaban J connectivity index is 1.64. The molecule has 0 bridgehead atoms. The van der Waals surface area contributed by atoms with Gasteiger partial charge in [-0.15, -0.1) is 0 Å². The van der Waals surface area contributed by atoms with Crippen LogP contribution in [-0.2, 0) is 4.74 Å². The van der Waals surface area contributed by atoms with E-state index >= 15 is 0 Å². The lowest BCUT2D eigenvalue weighted by atomic mass is 9.99. The molecule has 23 heavy (non-hydrogen) atoms. The van der Waals surface area contributed by atoms with Gasteiger partial charge in [0.05, 0.1) is 12.7 Å². The molecule has 136 valence electrons. The van der Waals surface area contributed by atoms with Gasteiger partial charge in [-0.05, 0) is 45.7 Å². The second-order valence-electron chi connectivity index (χ2n) is 7.48. The summed E-state index contributed by atoms with van der Waals surface area (Å²) in [6.07, 6.45) is 2.34. The minimum absolute atomic E-state index is 0.217. The van der Waals surface area contributed by atoms with Gasteiger partial charge in [-0.2, -0.15) is 0 Å². The molecule has 2 heterocycles. The van der Waals surface area contributed by atoms with Crippen molar-refractivity contribution >= 4 is 0 Å². The fourth-order valence-corrected chi connectivity index (χ4v) is 3.79. The van der Waals surface area contributed by atoms with Crippen molar-refractivity contribution in [2.75, 3.05) is 65.6 Å². The SMILES string of the molecule is CCOCCN1CCN(C[C@H](O)CN2CCC(C)CC2)C[C@H]1C. The van der Waals surface area contributed by atoms with Crippen LogP contribution in [0.1, 0.15) is 33.6 Å². The molecular formula is C18H37N3O2. The molecule has 1 N–H and O–H groups in total. The maximum absolute atomic E-state index is 10.4. The lowest BCUT2D eigenvalue weighted by Gasteiger charge is -2.41. The summed E-state index contributed by atoms with van der Waals surface area (Å²) in [5.41, 5.74) is 0. The standard InChI is InChI=1S/C18H37N3O2/c1-4-23-12-11-21-10-9-20(13-17(21)3)15-18(22)14-19-7-5-16(2)6-8-19/h16-18,22H,4-15H2,1-3H3/t17-,18-/m1/s1. The molecule has 2 aliphatic heterocycles. The first-order valence-electron chi connectivity index (χ1n) is 9.53. The molecule has 2 fully saturated rings. The van der Waals surface area contributed by atoms with E-state index in [1.165, 1.54) is 12.8 Å². The van der Waals surface area contributed by atoms with Crippen molar-refractivity contribution in [1.82, 2.24) is 14.7 Å². The molecule has 2 saturated heterocycles. The average molecular weight is 328 g/mol. The summed E-state index contributed by atoms with van der Waals surface area (Å²) in [5, 5.41) is 10.4. The Bertz CT molecular complexity index is 321. The fraction of sp³-hybridized carbons (Fsp3) is 1.00. The highest BCUT2D eigenvalue weighted by atomic mass is 16.5. The molecule has 2 rings (SSSR count). The Labute approximate surface area is 142 Å². The van der Waals surface area contributed by atoms with E-state index in [-0.39, 0.29) is 6.10 Å². The van der Waals surface area contributed by atoms with E-state index in [0.29, 0.717) is 6.04 Å². The van der Waals surface area contributed by atoms with Gasteiger partial charge >= 0.3 is 0 Å². The molecular weight excluding hydrogens is 290 g/mol. The number of β-amino-alcohol motifs (C(OH)–C–C–N with tert-alkyl or cyclic N) is 1. The molecule has 0 radical (unpaired) electrons. The van der Waals surface area contributed by atoms with Crippen LogP contribution in [0.25, 0.3) is 0 Å². The number of rotatable bonds is 8. The van der Waals surface area contributed by atoms with E-state index in [4.69, 9.17) is 4.74 Å². The average Bonchev–Trinajstić information content (AvgIpc) is 2.52. The predicted octanol–water partition coefficient (Wildman–Crippen LogP) is 1.12. The van der Waals surface area contributed by atoms with E-state index in [1.807, 2.05) is 6.92 Å². The smallest absolute Gasteiger partial charge is 0.0793 e. The quantitative estimate of drug-likeness (QED) is 0.677. The maximum atomic E-state index is 10.4. The second-order valence-corrected chi connectivity index (χ2v) is 7.48. The van der Waals surface area contributed by atoms with Crippen LogP contribution in [0.2, 0.25) is 0 Å². The van der Waals surface area contributed by atoms with Crippen LogP contribution >= 0.6 is 0 Å². The zero-order valence-electron chi connectivity index (χ0n) is 15.4. The van der Waals surface area contributed by atoms with E-state index in [9.17, 15) is 5.11 Å². The molecule has 0 aliphatic carbocycles. The molecule has 2 atom stereocenters. The summed E-state index contributed by atoms with van der Waals surface area (Å²) in [6, 6.07) is 0.548. The Morgan fingerprint density at radius 2 is 1.74 bits per heavy atom. The number of piperazine rings is 1. The van der Waals surface area contributed by atoms with E-state index < -0.39 is 0 Å². The van der Waals surface area contributed by atoms with Gasteiger partial charge in [0.15, 0.2) is 0 Å². The van der Waals surface area contributed by atoms with Gasteiger partial charge in [0, 0.05) is 51.9 Å². The van der Waals surface area contributed by atoms with E-state index in [1.54, 1.807) is 0 Å². The van der Waals surface area contributed by atoms with Crippen molar-refractivity contribution in [1.29, 1.82) is 0 Å². The Kier molecular flexibility index (Phi) is 8.27. The van der Waals surface area contributed by atoms with E-state index in [0.717, 1.165) is 71.5 Å². The van der Waals surface area contributed by atoms with Crippen molar-refractivity contribution in [3.63, 3.8) is 0 Å². The van der Waals surface area contributed by atoms with Crippen LogP contribution in [0.4, 0.5) is 0 Å². The number of hydrogen-bond acceptors (Lipinski definition) is 5. The van der Waals surface area contributed by atoms with Crippen molar-refractivity contribution in [3.05, 3.63) is 0 Å². The molecule has 0 amide bonds. The lowest BCUT2D eigenvalue weighted by Crippen LogP contribution is -2.54. The number of likely N-dealkylation sites (tertiary alicyclic amines) is 1. The van der Waals surface area contributed by atoms with Crippen molar-refractivity contribution in [2.24, 2.45) is 5.92 Å². The van der Waals surface area contributed by atoms with Gasteiger partial charge in [-0.1, -0.05) is 6.92 Å². The highest BCUT2D eigenvalue weighted by molar-refractivity contribution is 4.81. The highest BCUT2D eigenvalue weighted by Crippen LogP contribution is 2.16. The number of aliphatic hydroxyl groups excluding tert-OH is 1. The molecule has 0 saturated carbocycles. The largest absolute Gasteiger partial charge is 0.390 e. The third kappa shape index (κ3) is 6.67. The summed E-state index contributed by atoms with van der Waals surface area (Å²) in [7, 11) is 0. The topological polar surface area (TPSA) is 39.2 Å². The molecule has 5 nitrogen and oxygen atoms in total. The molecule has 0 aromatic heterocycles. The van der Waals surface area contributed by atoms with Crippen molar-refractivity contribution < 1.29 is 9.84 Å².